The smallest absolute Gasteiger partial charge is 0.241 e. The number of nitrogens with one attached hydrogen (secondary N) is 1. The molecule has 1 aliphatic heterocycles. The van der Waals surface area contributed by atoms with Crippen LogP contribution in [0.1, 0.15) is 42.9 Å². The minimum Gasteiger partial charge on any atom is -0.352 e. The summed E-state index contributed by atoms with van der Waals surface area (Å²) in [6, 6.07) is 7.20. The molecule has 2 fully saturated rings. The van der Waals surface area contributed by atoms with E-state index >= 15 is 0 Å². The number of piperidine rings is 1. The van der Waals surface area contributed by atoms with Crippen LogP contribution in [0.4, 0.5) is 0 Å². The number of rotatable bonds is 4. The van der Waals surface area contributed by atoms with Crippen LogP contribution in [-0.4, -0.2) is 35.8 Å². The number of hydrogen-bond donors (Lipinski definition) is 2. The lowest BCUT2D eigenvalue weighted by atomic mass is 10.0. The zero-order chi connectivity index (χ0) is 16.4. The Kier molecular flexibility index (Phi) is 4.66. The molecule has 0 bridgehead atoms. The molecule has 3 N–H and O–H groups in total. The zero-order valence-electron chi connectivity index (χ0n) is 13.6. The number of benzene rings is 1. The second-order valence-corrected chi connectivity index (χ2v) is 6.77. The molecule has 1 aromatic rings. The van der Waals surface area contributed by atoms with Gasteiger partial charge in [-0.2, -0.15) is 0 Å². The molecule has 5 nitrogen and oxygen atoms in total. The van der Waals surface area contributed by atoms with E-state index in [9.17, 15) is 9.59 Å². The van der Waals surface area contributed by atoms with Crippen molar-refractivity contribution in [3.63, 3.8) is 0 Å². The average molecular weight is 315 g/mol. The molecule has 5 heteroatoms. The molecule has 1 aliphatic carbocycles. The quantitative estimate of drug-likeness (QED) is 0.884. The zero-order valence-corrected chi connectivity index (χ0v) is 13.6. The van der Waals surface area contributed by atoms with Crippen molar-refractivity contribution in [3.05, 3.63) is 35.4 Å². The Morgan fingerprint density at radius 1 is 1.13 bits per heavy atom. The lowest BCUT2D eigenvalue weighted by Crippen LogP contribution is -2.48. The van der Waals surface area contributed by atoms with Crippen LogP contribution in [0.25, 0.3) is 0 Å². The third-order valence-electron chi connectivity index (χ3n) is 4.80. The monoisotopic (exact) mass is 315 g/mol. The third-order valence-corrected chi connectivity index (χ3v) is 4.80. The number of likely N-dealkylation sites (tertiary alicyclic amines) is 1. The van der Waals surface area contributed by atoms with E-state index in [0.717, 1.165) is 49.9 Å². The summed E-state index contributed by atoms with van der Waals surface area (Å²) in [6.45, 7) is 3.48. The van der Waals surface area contributed by atoms with Crippen LogP contribution in [0.15, 0.2) is 24.3 Å². The molecule has 1 aromatic carbocycles. The Labute approximate surface area is 137 Å². The van der Waals surface area contributed by atoms with Gasteiger partial charge in [-0.3, -0.25) is 9.59 Å². The predicted octanol–water partition coefficient (Wildman–Crippen LogP) is 1.51. The van der Waals surface area contributed by atoms with Crippen LogP contribution >= 0.6 is 0 Å². The standard InChI is InChI=1S/C18H25N3O2/c1-12-2-4-13(5-3-12)16(19)17(22)20-15-8-10-21(11-9-15)18(23)14-6-7-14/h2-5,14-16H,6-11,19H2,1H3,(H,20,22). The van der Waals surface area contributed by atoms with E-state index < -0.39 is 6.04 Å². The number of hydrogen-bond acceptors (Lipinski definition) is 3. The first-order valence-corrected chi connectivity index (χ1v) is 8.46. The van der Waals surface area contributed by atoms with Gasteiger partial charge in [0.1, 0.15) is 6.04 Å². The van der Waals surface area contributed by atoms with Gasteiger partial charge in [0.2, 0.25) is 11.8 Å². The number of nitrogens with zero attached hydrogens (tertiary/aromatic N) is 1. The molecular weight excluding hydrogens is 290 g/mol. The maximum Gasteiger partial charge on any atom is 0.241 e. The Morgan fingerprint density at radius 3 is 2.30 bits per heavy atom. The van der Waals surface area contributed by atoms with Crippen molar-refractivity contribution >= 4 is 11.8 Å². The maximum atomic E-state index is 12.3. The minimum absolute atomic E-state index is 0.113. The Hall–Kier alpha value is -1.88. The summed E-state index contributed by atoms with van der Waals surface area (Å²) in [5.41, 5.74) is 8.03. The van der Waals surface area contributed by atoms with Crippen LogP contribution in [0.3, 0.4) is 0 Å². The summed E-state index contributed by atoms with van der Waals surface area (Å²) in [5.74, 6) is 0.433. The Bertz CT molecular complexity index is 572. The Morgan fingerprint density at radius 2 is 1.74 bits per heavy atom. The van der Waals surface area contributed by atoms with E-state index in [0.29, 0.717) is 5.91 Å². The molecule has 0 spiro atoms. The second kappa shape index (κ2) is 6.71. The van der Waals surface area contributed by atoms with Crippen LogP contribution in [0, 0.1) is 12.8 Å². The molecule has 1 unspecified atom stereocenters. The molecule has 1 atom stereocenters. The fraction of sp³-hybridized carbons (Fsp3) is 0.556. The van der Waals surface area contributed by atoms with Gasteiger partial charge >= 0.3 is 0 Å². The van der Waals surface area contributed by atoms with E-state index in [2.05, 4.69) is 5.32 Å². The highest BCUT2D eigenvalue weighted by molar-refractivity contribution is 5.83. The lowest BCUT2D eigenvalue weighted by molar-refractivity contribution is -0.133. The highest BCUT2D eigenvalue weighted by Crippen LogP contribution is 2.31. The molecule has 23 heavy (non-hydrogen) atoms. The Balaban J connectivity index is 1.48. The minimum atomic E-state index is -0.637. The highest BCUT2D eigenvalue weighted by atomic mass is 16.2. The van der Waals surface area contributed by atoms with Crippen molar-refractivity contribution in [2.45, 2.75) is 44.7 Å². The molecule has 2 aliphatic rings. The third kappa shape index (κ3) is 3.91. The van der Waals surface area contributed by atoms with E-state index in [4.69, 9.17) is 5.73 Å². The summed E-state index contributed by atoms with van der Waals surface area (Å²) in [7, 11) is 0. The highest BCUT2D eigenvalue weighted by Gasteiger charge is 2.35. The summed E-state index contributed by atoms with van der Waals surface area (Å²) in [6.07, 6.45) is 3.71. The van der Waals surface area contributed by atoms with Crippen LogP contribution in [-0.2, 0) is 9.59 Å². The van der Waals surface area contributed by atoms with Crippen LogP contribution < -0.4 is 11.1 Å². The lowest BCUT2D eigenvalue weighted by Gasteiger charge is -2.33. The number of carbonyl (C=O) groups is 2. The van der Waals surface area contributed by atoms with Crippen molar-refractivity contribution in [3.8, 4) is 0 Å². The van der Waals surface area contributed by atoms with Gasteiger partial charge in [0.05, 0.1) is 0 Å². The van der Waals surface area contributed by atoms with Gasteiger partial charge in [0, 0.05) is 25.0 Å². The van der Waals surface area contributed by atoms with E-state index in [1.807, 2.05) is 36.1 Å². The molecule has 0 radical (unpaired) electrons. The van der Waals surface area contributed by atoms with Gasteiger partial charge in [-0.1, -0.05) is 29.8 Å². The van der Waals surface area contributed by atoms with Crippen molar-refractivity contribution in [1.29, 1.82) is 0 Å². The summed E-state index contributed by atoms with van der Waals surface area (Å²) in [5, 5.41) is 3.03. The first-order valence-electron chi connectivity index (χ1n) is 8.46. The fourth-order valence-electron chi connectivity index (χ4n) is 3.05. The first kappa shape index (κ1) is 16.0. The van der Waals surface area contributed by atoms with E-state index in [1.165, 1.54) is 0 Å². The average Bonchev–Trinajstić information content (AvgIpc) is 3.40. The summed E-state index contributed by atoms with van der Waals surface area (Å²) >= 11 is 0. The molecule has 1 saturated heterocycles. The van der Waals surface area contributed by atoms with Crippen LogP contribution in [0.5, 0.6) is 0 Å². The van der Waals surface area contributed by atoms with Gasteiger partial charge in [-0.25, -0.2) is 0 Å². The first-order chi connectivity index (χ1) is 11.0. The van der Waals surface area contributed by atoms with Gasteiger partial charge < -0.3 is 16.0 Å². The van der Waals surface area contributed by atoms with E-state index in [-0.39, 0.29) is 17.9 Å². The second-order valence-electron chi connectivity index (χ2n) is 6.77. The molecule has 124 valence electrons. The molecule has 3 rings (SSSR count). The number of amides is 2. The largest absolute Gasteiger partial charge is 0.352 e. The van der Waals surface area contributed by atoms with Gasteiger partial charge in [0.15, 0.2) is 0 Å². The topological polar surface area (TPSA) is 75.4 Å². The summed E-state index contributed by atoms with van der Waals surface area (Å²) in [4.78, 5) is 26.3. The normalized spacial score (nSPS) is 20.2. The molecule has 2 amide bonds. The predicted molar refractivity (Wildman–Crippen MR) is 88.6 cm³/mol. The molecule has 1 saturated carbocycles. The van der Waals surface area contributed by atoms with Gasteiger partial charge in [-0.15, -0.1) is 0 Å². The van der Waals surface area contributed by atoms with E-state index in [1.54, 1.807) is 0 Å². The SMILES string of the molecule is Cc1ccc(C(N)C(=O)NC2CCN(C(=O)C3CC3)CC2)cc1. The van der Waals surface area contributed by atoms with Crippen molar-refractivity contribution in [2.24, 2.45) is 11.7 Å². The number of aryl methyl sites for hydroxylation is 1. The fourth-order valence-corrected chi connectivity index (χ4v) is 3.05. The molecule has 0 aromatic heterocycles. The number of carbonyl (C=O) groups excluding carboxylic acids is 2. The maximum absolute atomic E-state index is 12.3. The van der Waals surface area contributed by atoms with Crippen LogP contribution in [0.2, 0.25) is 0 Å². The van der Waals surface area contributed by atoms with Crippen molar-refractivity contribution < 1.29 is 9.59 Å². The van der Waals surface area contributed by atoms with Crippen molar-refractivity contribution in [2.75, 3.05) is 13.1 Å². The van der Waals surface area contributed by atoms with Gasteiger partial charge in [0.25, 0.3) is 0 Å². The molecule has 1 heterocycles. The molecular formula is C18H25N3O2. The van der Waals surface area contributed by atoms with Gasteiger partial charge in [-0.05, 0) is 38.2 Å². The summed E-state index contributed by atoms with van der Waals surface area (Å²) < 4.78 is 0. The number of nitrogens with two attached hydrogens (primary N) is 1. The van der Waals surface area contributed by atoms with Crippen molar-refractivity contribution in [1.82, 2.24) is 10.2 Å².